The van der Waals surface area contributed by atoms with E-state index in [1.165, 1.54) is 28.0 Å². The molecule has 26 heavy (non-hydrogen) atoms. The summed E-state index contributed by atoms with van der Waals surface area (Å²) in [5.41, 5.74) is 8.38. The predicted molar refractivity (Wildman–Crippen MR) is 110 cm³/mol. The Morgan fingerprint density at radius 2 is 1.85 bits per heavy atom. The summed E-state index contributed by atoms with van der Waals surface area (Å²) in [4.78, 5) is 4.66. The number of aryl methyl sites for hydroxylation is 4. The summed E-state index contributed by atoms with van der Waals surface area (Å²) in [6.07, 6.45) is 1.74. The first-order chi connectivity index (χ1) is 12.5. The van der Waals surface area contributed by atoms with Gasteiger partial charge in [0.15, 0.2) is 0 Å². The molecule has 3 nitrogen and oxygen atoms in total. The molecular formula is C22H21N3S. The molecule has 130 valence electrons. The highest BCUT2D eigenvalue weighted by atomic mass is 32.1. The van der Waals surface area contributed by atoms with E-state index >= 15 is 0 Å². The molecule has 0 atom stereocenters. The number of hydrogen-bond acceptors (Lipinski definition) is 4. The Labute approximate surface area is 158 Å². The van der Waals surface area contributed by atoms with Gasteiger partial charge in [0.25, 0.3) is 0 Å². The summed E-state index contributed by atoms with van der Waals surface area (Å²) >= 11 is 1.49. The molecule has 1 N–H and O–H groups in total. The van der Waals surface area contributed by atoms with E-state index in [9.17, 15) is 5.26 Å². The Morgan fingerprint density at radius 1 is 1.04 bits per heavy atom. The van der Waals surface area contributed by atoms with Gasteiger partial charge >= 0.3 is 0 Å². The van der Waals surface area contributed by atoms with Crippen molar-refractivity contribution in [3.63, 3.8) is 0 Å². The van der Waals surface area contributed by atoms with E-state index in [1.807, 2.05) is 11.4 Å². The molecule has 0 unspecified atom stereocenters. The van der Waals surface area contributed by atoms with Crippen molar-refractivity contribution in [2.24, 2.45) is 0 Å². The van der Waals surface area contributed by atoms with Gasteiger partial charge in [-0.2, -0.15) is 5.26 Å². The molecule has 0 bridgehead atoms. The predicted octanol–water partition coefficient (Wildman–Crippen LogP) is 6.02. The fourth-order valence-corrected chi connectivity index (χ4v) is 3.49. The molecule has 0 saturated heterocycles. The molecule has 0 aliphatic carbocycles. The second-order valence-corrected chi connectivity index (χ2v) is 7.33. The van der Waals surface area contributed by atoms with Gasteiger partial charge in [0.2, 0.25) is 0 Å². The van der Waals surface area contributed by atoms with Gasteiger partial charge in [-0.3, -0.25) is 0 Å². The van der Waals surface area contributed by atoms with E-state index in [1.54, 1.807) is 6.20 Å². The second-order valence-electron chi connectivity index (χ2n) is 6.47. The van der Waals surface area contributed by atoms with E-state index in [4.69, 9.17) is 0 Å². The summed E-state index contributed by atoms with van der Waals surface area (Å²) in [7, 11) is 0. The van der Waals surface area contributed by atoms with Crippen molar-refractivity contribution in [2.45, 2.75) is 27.7 Å². The largest absolute Gasteiger partial charge is 0.360 e. The number of rotatable bonds is 4. The number of anilines is 1. The average molecular weight is 359 g/mol. The van der Waals surface area contributed by atoms with Crippen molar-refractivity contribution in [3.8, 4) is 17.3 Å². The van der Waals surface area contributed by atoms with Crippen LogP contribution in [-0.2, 0) is 0 Å². The van der Waals surface area contributed by atoms with Crippen molar-refractivity contribution in [3.05, 3.63) is 75.2 Å². The van der Waals surface area contributed by atoms with Crippen LogP contribution in [-0.4, -0.2) is 4.98 Å². The molecule has 0 amide bonds. The maximum absolute atomic E-state index is 9.54. The molecule has 4 heteroatoms. The molecule has 2 aromatic carbocycles. The van der Waals surface area contributed by atoms with Crippen LogP contribution in [0.3, 0.4) is 0 Å². The third kappa shape index (κ3) is 3.84. The Hall–Kier alpha value is -2.90. The zero-order valence-corrected chi connectivity index (χ0v) is 16.2. The maximum Gasteiger partial charge on any atom is 0.136 e. The van der Waals surface area contributed by atoms with Crippen molar-refractivity contribution in [1.29, 1.82) is 5.26 Å². The summed E-state index contributed by atoms with van der Waals surface area (Å²) in [5.74, 6) is 0. The van der Waals surface area contributed by atoms with E-state index in [-0.39, 0.29) is 0 Å². The number of hydrogen-bond donors (Lipinski definition) is 1. The highest BCUT2D eigenvalue weighted by molar-refractivity contribution is 7.11. The minimum absolute atomic E-state index is 0.532. The van der Waals surface area contributed by atoms with Crippen molar-refractivity contribution in [2.75, 3.05) is 5.32 Å². The molecule has 0 aliphatic rings. The first kappa shape index (κ1) is 17.9. The molecular weight excluding hydrogens is 338 g/mol. The van der Waals surface area contributed by atoms with E-state index < -0.39 is 0 Å². The molecule has 0 aliphatic heterocycles. The number of thiazole rings is 1. The van der Waals surface area contributed by atoms with Gasteiger partial charge in [-0.25, -0.2) is 4.98 Å². The van der Waals surface area contributed by atoms with Gasteiger partial charge in [0.05, 0.1) is 5.69 Å². The minimum Gasteiger partial charge on any atom is -0.360 e. The SMILES string of the molecule is Cc1ccc(NC=C(C#N)c2nc(-c3ccc(C)c(C)c3)cs2)c(C)c1. The highest BCUT2D eigenvalue weighted by Gasteiger charge is 2.10. The molecule has 1 aromatic heterocycles. The molecule has 3 aromatic rings. The molecule has 0 radical (unpaired) electrons. The third-order valence-electron chi connectivity index (χ3n) is 4.41. The normalized spacial score (nSPS) is 11.3. The van der Waals surface area contributed by atoms with Gasteiger partial charge in [-0.15, -0.1) is 11.3 Å². The summed E-state index contributed by atoms with van der Waals surface area (Å²) < 4.78 is 0. The zero-order valence-electron chi connectivity index (χ0n) is 15.4. The van der Waals surface area contributed by atoms with Crippen molar-refractivity contribution < 1.29 is 0 Å². The lowest BCUT2D eigenvalue weighted by Crippen LogP contribution is -1.94. The minimum atomic E-state index is 0.532. The molecule has 1 heterocycles. The topological polar surface area (TPSA) is 48.7 Å². The number of aromatic nitrogens is 1. The zero-order chi connectivity index (χ0) is 18.7. The van der Waals surface area contributed by atoms with Crippen LogP contribution in [0.2, 0.25) is 0 Å². The van der Waals surface area contributed by atoms with Gasteiger partial charge in [0.1, 0.15) is 16.6 Å². The van der Waals surface area contributed by atoms with E-state index in [0.717, 1.165) is 27.5 Å². The van der Waals surface area contributed by atoms with Gasteiger partial charge in [-0.05, 0) is 56.5 Å². The first-order valence-corrected chi connectivity index (χ1v) is 9.33. The lowest BCUT2D eigenvalue weighted by atomic mass is 10.1. The molecule has 0 fully saturated rings. The van der Waals surface area contributed by atoms with Gasteiger partial charge in [0, 0.05) is 22.8 Å². The summed E-state index contributed by atoms with van der Waals surface area (Å²) in [6.45, 7) is 8.31. The number of nitrogens with zero attached hydrogens (tertiary/aromatic N) is 2. The van der Waals surface area contributed by atoms with E-state index in [0.29, 0.717) is 5.57 Å². The number of nitrogens with one attached hydrogen (secondary N) is 1. The third-order valence-corrected chi connectivity index (χ3v) is 5.29. The number of nitriles is 1. The molecule has 3 rings (SSSR count). The standard InChI is InChI=1S/C22H21N3S/c1-14-5-8-20(17(4)9-14)24-12-19(11-23)22-25-21(13-26-22)18-7-6-15(2)16(3)10-18/h5-10,12-13,24H,1-4H3. The van der Waals surface area contributed by atoms with Crippen LogP contribution in [0.4, 0.5) is 5.69 Å². The Kier molecular flexibility index (Phi) is 5.20. The summed E-state index contributed by atoms with van der Waals surface area (Å²) in [6, 6.07) is 14.8. The number of allylic oxidation sites excluding steroid dienone is 1. The van der Waals surface area contributed by atoms with Crippen LogP contribution >= 0.6 is 11.3 Å². The number of benzene rings is 2. The van der Waals surface area contributed by atoms with Crippen LogP contribution in [0.5, 0.6) is 0 Å². The fraction of sp³-hybridized carbons (Fsp3) is 0.182. The van der Waals surface area contributed by atoms with Crippen molar-refractivity contribution in [1.82, 2.24) is 4.98 Å². The lowest BCUT2D eigenvalue weighted by Gasteiger charge is -2.06. The van der Waals surface area contributed by atoms with Crippen LogP contribution in [0.25, 0.3) is 16.8 Å². The van der Waals surface area contributed by atoms with E-state index in [2.05, 4.69) is 74.4 Å². The van der Waals surface area contributed by atoms with Crippen LogP contribution < -0.4 is 5.32 Å². The smallest absolute Gasteiger partial charge is 0.136 e. The molecule has 0 spiro atoms. The Morgan fingerprint density at radius 3 is 2.54 bits per heavy atom. The van der Waals surface area contributed by atoms with Crippen molar-refractivity contribution >= 4 is 22.6 Å². The van der Waals surface area contributed by atoms with Crippen LogP contribution in [0.1, 0.15) is 27.3 Å². The fourth-order valence-electron chi connectivity index (χ4n) is 2.70. The maximum atomic E-state index is 9.54. The summed E-state index contributed by atoms with van der Waals surface area (Å²) in [5, 5.41) is 15.5. The van der Waals surface area contributed by atoms with Crippen LogP contribution in [0.15, 0.2) is 48.0 Å². The molecule has 0 saturated carbocycles. The quantitative estimate of drug-likeness (QED) is 0.579. The lowest BCUT2D eigenvalue weighted by molar-refractivity contribution is 1.31. The monoisotopic (exact) mass is 359 g/mol. The van der Waals surface area contributed by atoms with Gasteiger partial charge < -0.3 is 5.32 Å². The van der Waals surface area contributed by atoms with Crippen LogP contribution in [0, 0.1) is 39.0 Å². The average Bonchev–Trinajstić information content (AvgIpc) is 3.09. The first-order valence-electron chi connectivity index (χ1n) is 8.45. The highest BCUT2D eigenvalue weighted by Crippen LogP contribution is 2.27. The van der Waals surface area contributed by atoms with Gasteiger partial charge in [-0.1, -0.05) is 29.8 Å². The Balaban J connectivity index is 1.86. The second kappa shape index (κ2) is 7.55. The Bertz CT molecular complexity index is 1020.